The van der Waals surface area contributed by atoms with E-state index in [-0.39, 0.29) is 10.9 Å². The minimum atomic E-state index is -3.02. The molecule has 22 heavy (non-hydrogen) atoms. The third kappa shape index (κ3) is 4.18. The maximum atomic E-state index is 12.9. The first-order valence-corrected chi connectivity index (χ1v) is 11.7. The summed E-state index contributed by atoms with van der Waals surface area (Å²) in [6.07, 6.45) is 0. The van der Waals surface area contributed by atoms with Gasteiger partial charge in [-0.1, -0.05) is 26.8 Å². The van der Waals surface area contributed by atoms with Crippen LogP contribution >= 0.6 is 0 Å². The molecule has 0 aromatic heterocycles. The van der Waals surface area contributed by atoms with Crippen molar-refractivity contribution in [2.45, 2.75) is 43.8 Å². The zero-order chi connectivity index (χ0) is 17.3. The number of carbonyl (C=O) groups is 1. The second-order valence-corrected chi connectivity index (χ2v) is 14.2. The Balaban J connectivity index is 3.39. The summed E-state index contributed by atoms with van der Waals surface area (Å²) >= 11 is 0. The predicted octanol–water partition coefficient (Wildman–Crippen LogP) is 3.09. The monoisotopic (exact) mass is 341 g/mol. The molecule has 5 nitrogen and oxygen atoms in total. The van der Waals surface area contributed by atoms with Crippen molar-refractivity contribution in [1.82, 2.24) is 4.90 Å². The summed E-state index contributed by atoms with van der Waals surface area (Å²) < 4.78 is 17.5. The van der Waals surface area contributed by atoms with Crippen LogP contribution in [0.3, 0.4) is 0 Å². The second kappa shape index (κ2) is 6.14. The highest BCUT2D eigenvalue weighted by atomic mass is 32.2. The molecule has 2 N–H and O–H groups in total. The molecule has 0 saturated carbocycles. The molecule has 0 radical (unpaired) electrons. The Morgan fingerprint density at radius 2 is 1.82 bits per heavy atom. The van der Waals surface area contributed by atoms with Crippen molar-refractivity contribution in [3.8, 4) is 0 Å². The molecule has 0 heterocycles. The first-order chi connectivity index (χ1) is 9.78. The predicted molar refractivity (Wildman–Crippen MR) is 94.7 cm³/mol. The maximum absolute atomic E-state index is 12.9. The fraction of sp³-hybridized carbons (Fsp3) is 0.533. The third-order valence-electron chi connectivity index (χ3n) is 4.02. The van der Waals surface area contributed by atoms with Crippen LogP contribution in [-0.2, 0) is 9.92 Å². The first-order valence-electron chi connectivity index (χ1n) is 7.16. The molecule has 0 bridgehead atoms. The Morgan fingerprint density at radius 1 is 1.27 bits per heavy atom. The molecule has 1 atom stereocenters. The molecule has 1 aromatic rings. The van der Waals surface area contributed by atoms with E-state index in [1.165, 1.54) is 4.90 Å². The quantitative estimate of drug-likeness (QED) is 0.858. The van der Waals surface area contributed by atoms with E-state index in [0.29, 0.717) is 10.5 Å². The minimum absolute atomic E-state index is 0.0495. The van der Waals surface area contributed by atoms with Crippen LogP contribution in [0.25, 0.3) is 0 Å². The Labute approximate surface area is 135 Å². The van der Waals surface area contributed by atoms with Gasteiger partial charge in [0.25, 0.3) is 5.91 Å². The molecule has 0 spiro atoms. The van der Waals surface area contributed by atoms with Crippen LogP contribution in [0.4, 0.5) is 0 Å². The average Bonchev–Trinajstić information content (AvgIpc) is 2.35. The van der Waals surface area contributed by atoms with Gasteiger partial charge in [-0.3, -0.25) is 8.82 Å². The van der Waals surface area contributed by atoms with Crippen LogP contribution in [-0.4, -0.2) is 37.3 Å². The standard InChI is InChI=1S/C15H27N3O2SSi/c1-15(2,3)22(6,7)17-21(16,20)13-10-8-9-12(11-13)14(19)18(4)5/h8-11H,1-7H3,(H2,16,17,20). The molecule has 1 amide bonds. The van der Waals surface area contributed by atoms with E-state index in [0.717, 1.165) is 0 Å². The van der Waals surface area contributed by atoms with Gasteiger partial charge in [0.05, 0.1) is 4.90 Å². The van der Waals surface area contributed by atoms with Crippen molar-refractivity contribution in [3.63, 3.8) is 0 Å². The summed E-state index contributed by atoms with van der Waals surface area (Å²) in [4.78, 5) is 13.9. The molecule has 7 heteroatoms. The summed E-state index contributed by atoms with van der Waals surface area (Å²) in [5.41, 5.74) is 0.464. The van der Waals surface area contributed by atoms with Crippen LogP contribution in [0.1, 0.15) is 31.1 Å². The molecule has 0 aliphatic carbocycles. The van der Waals surface area contributed by atoms with Gasteiger partial charge in [0.15, 0.2) is 8.24 Å². The maximum Gasteiger partial charge on any atom is 0.253 e. The third-order valence-corrected chi connectivity index (χ3v) is 11.5. The molecule has 1 aromatic carbocycles. The fourth-order valence-electron chi connectivity index (χ4n) is 1.60. The molecule has 1 unspecified atom stereocenters. The van der Waals surface area contributed by atoms with Crippen molar-refractivity contribution >= 4 is 24.1 Å². The number of hydrogen-bond acceptors (Lipinski definition) is 3. The number of nitrogens with two attached hydrogens (primary N) is 1. The van der Waals surface area contributed by atoms with Gasteiger partial charge in [0, 0.05) is 19.7 Å². The van der Waals surface area contributed by atoms with E-state index in [4.69, 9.17) is 5.14 Å². The number of benzene rings is 1. The van der Waals surface area contributed by atoms with Gasteiger partial charge < -0.3 is 4.90 Å². The van der Waals surface area contributed by atoms with Crippen molar-refractivity contribution in [3.05, 3.63) is 29.8 Å². The average molecular weight is 342 g/mol. The van der Waals surface area contributed by atoms with Crippen LogP contribution in [0.5, 0.6) is 0 Å². The molecule has 0 fully saturated rings. The first kappa shape index (κ1) is 18.9. The van der Waals surface area contributed by atoms with Crippen LogP contribution in [0.15, 0.2) is 33.2 Å². The normalized spacial score (nSPS) is 15.1. The van der Waals surface area contributed by atoms with Gasteiger partial charge in [0.2, 0.25) is 0 Å². The van der Waals surface area contributed by atoms with E-state index in [1.807, 2.05) is 13.1 Å². The summed E-state index contributed by atoms with van der Waals surface area (Å²) in [7, 11) is -1.83. The number of hydrogen-bond donors (Lipinski definition) is 1. The molecule has 0 aliphatic rings. The topological polar surface area (TPSA) is 75.8 Å². The minimum Gasteiger partial charge on any atom is -0.345 e. The summed E-state index contributed by atoms with van der Waals surface area (Å²) in [5.74, 6) is -0.149. The lowest BCUT2D eigenvalue weighted by Gasteiger charge is -2.32. The van der Waals surface area contributed by atoms with Gasteiger partial charge in [-0.2, -0.15) is 0 Å². The number of carbonyl (C=O) groups excluding carboxylic acids is 1. The number of nitrogens with zero attached hydrogens (tertiary/aromatic N) is 2. The SMILES string of the molecule is CN(C)C(=O)c1cccc(S(N)(=O)=N[Si](C)(C)C(C)(C)C)c1. The largest absolute Gasteiger partial charge is 0.345 e. The van der Waals surface area contributed by atoms with Crippen molar-refractivity contribution < 1.29 is 9.00 Å². The molecule has 0 saturated heterocycles. The summed E-state index contributed by atoms with van der Waals surface area (Å²) in [6.45, 7) is 10.4. The molecule has 0 aliphatic heterocycles. The zero-order valence-corrected chi connectivity index (χ0v) is 16.3. The Bertz CT molecular complexity index is 684. The summed E-state index contributed by atoms with van der Waals surface area (Å²) in [6, 6.07) is 6.64. The number of rotatable bonds is 3. The van der Waals surface area contributed by atoms with Crippen molar-refractivity contribution in [2.24, 2.45) is 9.17 Å². The van der Waals surface area contributed by atoms with E-state index in [1.54, 1.807) is 38.4 Å². The van der Waals surface area contributed by atoms with E-state index in [9.17, 15) is 9.00 Å². The lowest BCUT2D eigenvalue weighted by molar-refractivity contribution is 0.0827. The van der Waals surface area contributed by atoms with Gasteiger partial charge in [-0.25, -0.2) is 9.35 Å². The van der Waals surface area contributed by atoms with Gasteiger partial charge >= 0.3 is 0 Å². The Hall–Kier alpha value is -1.18. The van der Waals surface area contributed by atoms with Crippen molar-refractivity contribution in [2.75, 3.05) is 14.1 Å². The summed E-state index contributed by atoms with van der Waals surface area (Å²) in [5, 5.41) is 5.99. The van der Waals surface area contributed by atoms with E-state index >= 15 is 0 Å². The number of amides is 1. The van der Waals surface area contributed by atoms with Crippen molar-refractivity contribution in [1.29, 1.82) is 0 Å². The highest BCUT2D eigenvalue weighted by molar-refractivity contribution is 7.92. The smallest absolute Gasteiger partial charge is 0.253 e. The lowest BCUT2D eigenvalue weighted by Crippen LogP contribution is -2.37. The zero-order valence-electron chi connectivity index (χ0n) is 14.5. The van der Waals surface area contributed by atoms with Crippen LogP contribution in [0.2, 0.25) is 18.1 Å². The van der Waals surface area contributed by atoms with Crippen LogP contribution in [0, 0.1) is 0 Å². The molecular formula is C15H27N3O2SSi. The molecule has 124 valence electrons. The van der Waals surface area contributed by atoms with Gasteiger partial charge in [-0.05, 0) is 36.3 Å². The van der Waals surface area contributed by atoms with Crippen LogP contribution < -0.4 is 5.14 Å². The van der Waals surface area contributed by atoms with E-state index in [2.05, 4.69) is 24.8 Å². The van der Waals surface area contributed by atoms with Gasteiger partial charge in [-0.15, -0.1) is 0 Å². The molecular weight excluding hydrogens is 314 g/mol. The molecule has 1 rings (SSSR count). The fourth-order valence-corrected chi connectivity index (χ4v) is 6.40. The highest BCUT2D eigenvalue weighted by Gasteiger charge is 2.37. The highest BCUT2D eigenvalue weighted by Crippen LogP contribution is 2.37. The Morgan fingerprint density at radius 3 is 2.27 bits per heavy atom. The van der Waals surface area contributed by atoms with Gasteiger partial charge in [0.1, 0.15) is 9.92 Å². The second-order valence-electron chi connectivity index (χ2n) is 7.20. The Kier molecular flexibility index (Phi) is 5.26. The van der Waals surface area contributed by atoms with E-state index < -0.39 is 18.2 Å². The lowest BCUT2D eigenvalue weighted by atomic mass is 10.2.